The number of esters is 1. The van der Waals surface area contributed by atoms with Gasteiger partial charge in [-0.1, -0.05) is 72.8 Å². The highest BCUT2D eigenvalue weighted by Crippen LogP contribution is 2.16. The topological polar surface area (TPSA) is 105 Å². The molecule has 3 atom stereocenters. The SMILES string of the molecule is O=C(C[C@H]1CC=CCCC(=O)OC[C@H](CSCc2ccccc2)NC1=O)N[C@H](CO)Cc1ccccc1. The maximum Gasteiger partial charge on any atom is 0.306 e. The van der Waals surface area contributed by atoms with Gasteiger partial charge in [0.05, 0.1) is 24.6 Å². The number of benzene rings is 2. The van der Waals surface area contributed by atoms with Crippen molar-refractivity contribution < 1.29 is 24.2 Å². The van der Waals surface area contributed by atoms with Crippen LogP contribution in [-0.4, -0.2) is 53.9 Å². The van der Waals surface area contributed by atoms with Gasteiger partial charge >= 0.3 is 5.97 Å². The zero-order valence-corrected chi connectivity index (χ0v) is 21.8. The summed E-state index contributed by atoms with van der Waals surface area (Å²) >= 11 is 1.65. The molecule has 0 spiro atoms. The molecule has 0 unspecified atom stereocenters. The van der Waals surface area contributed by atoms with Gasteiger partial charge in [-0.3, -0.25) is 14.4 Å². The van der Waals surface area contributed by atoms with Crippen LogP contribution in [0, 0.1) is 5.92 Å². The number of hydrogen-bond donors (Lipinski definition) is 3. The van der Waals surface area contributed by atoms with Crippen LogP contribution in [0.1, 0.15) is 36.8 Å². The molecule has 2 aromatic carbocycles. The van der Waals surface area contributed by atoms with E-state index in [1.807, 2.05) is 72.8 Å². The zero-order chi connectivity index (χ0) is 26.3. The second kappa shape index (κ2) is 15.9. The summed E-state index contributed by atoms with van der Waals surface area (Å²) in [6, 6.07) is 18.9. The van der Waals surface area contributed by atoms with E-state index in [2.05, 4.69) is 10.6 Å². The Hall–Kier alpha value is -3.10. The van der Waals surface area contributed by atoms with Gasteiger partial charge in [0.15, 0.2) is 0 Å². The fourth-order valence-electron chi connectivity index (χ4n) is 4.04. The van der Waals surface area contributed by atoms with Crippen LogP contribution >= 0.6 is 11.8 Å². The van der Waals surface area contributed by atoms with Crippen molar-refractivity contribution in [1.82, 2.24) is 10.6 Å². The summed E-state index contributed by atoms with van der Waals surface area (Å²) in [5.74, 6) is -0.0279. The van der Waals surface area contributed by atoms with Gasteiger partial charge in [0.25, 0.3) is 0 Å². The summed E-state index contributed by atoms with van der Waals surface area (Å²) in [5.41, 5.74) is 2.19. The van der Waals surface area contributed by atoms with Gasteiger partial charge in [-0.25, -0.2) is 0 Å². The minimum Gasteiger partial charge on any atom is -0.463 e. The molecule has 198 valence electrons. The molecule has 1 aliphatic rings. The van der Waals surface area contributed by atoms with Crippen molar-refractivity contribution in [2.75, 3.05) is 19.0 Å². The van der Waals surface area contributed by atoms with E-state index >= 15 is 0 Å². The number of allylic oxidation sites excluding steroid dienone is 2. The second-order valence-corrected chi connectivity index (χ2v) is 10.2. The van der Waals surface area contributed by atoms with Crippen molar-refractivity contribution in [1.29, 1.82) is 0 Å². The van der Waals surface area contributed by atoms with Gasteiger partial charge in [0.2, 0.25) is 11.8 Å². The van der Waals surface area contributed by atoms with Gasteiger partial charge < -0.3 is 20.5 Å². The lowest BCUT2D eigenvalue weighted by Crippen LogP contribution is -2.45. The molecule has 0 radical (unpaired) electrons. The first-order valence-electron chi connectivity index (χ1n) is 12.7. The largest absolute Gasteiger partial charge is 0.463 e. The van der Waals surface area contributed by atoms with Crippen molar-refractivity contribution in [3.63, 3.8) is 0 Å². The van der Waals surface area contributed by atoms with Gasteiger partial charge in [-0.15, -0.1) is 0 Å². The van der Waals surface area contributed by atoms with Gasteiger partial charge in [-0.2, -0.15) is 11.8 Å². The Labute approximate surface area is 223 Å². The van der Waals surface area contributed by atoms with E-state index in [-0.39, 0.29) is 49.9 Å². The van der Waals surface area contributed by atoms with Gasteiger partial charge in [-0.05, 0) is 30.4 Å². The first-order chi connectivity index (χ1) is 18.0. The summed E-state index contributed by atoms with van der Waals surface area (Å²) < 4.78 is 5.41. The number of carbonyl (C=O) groups is 3. The molecule has 3 N–H and O–H groups in total. The van der Waals surface area contributed by atoms with Crippen LogP contribution in [0.3, 0.4) is 0 Å². The molecular weight excluding hydrogens is 488 g/mol. The van der Waals surface area contributed by atoms with Crippen molar-refractivity contribution in [2.24, 2.45) is 5.92 Å². The first kappa shape index (κ1) is 28.5. The Bertz CT molecular complexity index is 1020. The Morgan fingerprint density at radius 3 is 2.46 bits per heavy atom. The van der Waals surface area contributed by atoms with E-state index in [1.165, 1.54) is 5.56 Å². The smallest absolute Gasteiger partial charge is 0.306 e. The number of rotatable bonds is 10. The summed E-state index contributed by atoms with van der Waals surface area (Å²) in [6.45, 7) is -0.0951. The molecule has 3 rings (SSSR count). The highest BCUT2D eigenvalue weighted by molar-refractivity contribution is 7.98. The van der Waals surface area contributed by atoms with E-state index in [9.17, 15) is 19.5 Å². The lowest BCUT2D eigenvalue weighted by Gasteiger charge is -2.23. The maximum absolute atomic E-state index is 13.2. The molecule has 0 saturated carbocycles. The molecule has 0 bridgehead atoms. The van der Waals surface area contributed by atoms with Crippen LogP contribution in [0.15, 0.2) is 72.8 Å². The number of nitrogens with one attached hydrogen (secondary N) is 2. The highest BCUT2D eigenvalue weighted by atomic mass is 32.2. The molecule has 2 amide bonds. The van der Waals surface area contributed by atoms with Crippen molar-refractivity contribution >= 4 is 29.5 Å². The normalized spacial score (nSPS) is 19.6. The van der Waals surface area contributed by atoms with E-state index in [1.54, 1.807) is 11.8 Å². The third-order valence-electron chi connectivity index (χ3n) is 6.04. The predicted octanol–water partition coefficient (Wildman–Crippen LogP) is 3.41. The predicted molar refractivity (Wildman–Crippen MR) is 146 cm³/mol. The molecular formula is C29H36N2O5S. The molecule has 8 heteroatoms. The zero-order valence-electron chi connectivity index (χ0n) is 21.0. The number of aliphatic hydroxyl groups excluding tert-OH is 1. The average Bonchev–Trinajstić information content (AvgIpc) is 2.90. The Morgan fingerprint density at radius 1 is 1.05 bits per heavy atom. The van der Waals surface area contributed by atoms with E-state index in [4.69, 9.17) is 4.74 Å². The minimum absolute atomic E-state index is 0.00509. The molecule has 1 heterocycles. The fraction of sp³-hybridized carbons (Fsp3) is 0.414. The van der Waals surface area contributed by atoms with Crippen LogP contribution in [0.5, 0.6) is 0 Å². The third-order valence-corrected chi connectivity index (χ3v) is 7.21. The quantitative estimate of drug-likeness (QED) is 0.325. The maximum atomic E-state index is 13.2. The van der Waals surface area contributed by atoms with Crippen LogP contribution in [0.2, 0.25) is 0 Å². The summed E-state index contributed by atoms with van der Waals surface area (Å²) in [4.78, 5) is 38.1. The standard InChI is InChI=1S/C29H36N2O5S/c32-18-25(16-22-10-4-1-5-11-22)30-27(33)17-24-14-8-3-9-15-28(34)36-19-26(31-29(24)35)21-37-20-23-12-6-2-7-13-23/h1-8,10-13,24-26,32H,9,14-21H2,(H,30,33)(H,31,35)/t24-,25+,26-/m1/s1. The lowest BCUT2D eigenvalue weighted by atomic mass is 9.98. The molecule has 0 saturated heterocycles. The Balaban J connectivity index is 1.60. The number of thioether (sulfide) groups is 1. The number of aliphatic hydroxyl groups is 1. The van der Waals surface area contributed by atoms with Gasteiger partial charge in [0, 0.05) is 24.3 Å². The second-order valence-electron chi connectivity index (χ2n) is 9.17. The third kappa shape index (κ3) is 10.8. The average molecular weight is 525 g/mol. The van der Waals surface area contributed by atoms with Crippen LogP contribution in [0.4, 0.5) is 0 Å². The van der Waals surface area contributed by atoms with Crippen molar-refractivity contribution in [3.8, 4) is 0 Å². The summed E-state index contributed by atoms with van der Waals surface area (Å²) in [7, 11) is 0. The van der Waals surface area contributed by atoms with Crippen molar-refractivity contribution in [2.45, 2.75) is 49.9 Å². The van der Waals surface area contributed by atoms with E-state index in [0.29, 0.717) is 25.0 Å². The first-order valence-corrected chi connectivity index (χ1v) is 13.9. The number of amides is 2. The molecule has 2 aromatic rings. The lowest BCUT2D eigenvalue weighted by molar-refractivity contribution is -0.145. The monoisotopic (exact) mass is 524 g/mol. The molecule has 0 aliphatic carbocycles. The number of carbonyl (C=O) groups excluding carboxylic acids is 3. The van der Waals surface area contributed by atoms with Crippen LogP contribution < -0.4 is 10.6 Å². The highest BCUT2D eigenvalue weighted by Gasteiger charge is 2.25. The summed E-state index contributed by atoms with van der Waals surface area (Å²) in [5, 5.41) is 15.7. The molecule has 1 aliphatic heterocycles. The Kier molecular flexibility index (Phi) is 12.2. The number of ether oxygens (including phenoxy) is 1. The van der Waals surface area contributed by atoms with Crippen LogP contribution in [-0.2, 0) is 31.3 Å². The van der Waals surface area contributed by atoms with Crippen LogP contribution in [0.25, 0.3) is 0 Å². The molecule has 7 nitrogen and oxygen atoms in total. The van der Waals surface area contributed by atoms with E-state index < -0.39 is 12.0 Å². The number of hydrogen-bond acceptors (Lipinski definition) is 6. The molecule has 37 heavy (non-hydrogen) atoms. The fourth-order valence-corrected chi connectivity index (χ4v) is 5.05. The van der Waals surface area contributed by atoms with Crippen molar-refractivity contribution in [3.05, 3.63) is 83.9 Å². The van der Waals surface area contributed by atoms with Gasteiger partial charge in [0.1, 0.15) is 6.61 Å². The summed E-state index contributed by atoms with van der Waals surface area (Å²) in [6.07, 6.45) is 5.39. The van der Waals surface area contributed by atoms with E-state index in [0.717, 1.165) is 11.3 Å². The minimum atomic E-state index is -0.566. The number of cyclic esters (lactones) is 1. The Morgan fingerprint density at radius 2 is 1.76 bits per heavy atom. The molecule has 0 fully saturated rings. The molecule has 0 aromatic heterocycles.